The van der Waals surface area contributed by atoms with Gasteiger partial charge in [0.25, 0.3) is 0 Å². The third kappa shape index (κ3) is 4.03. The summed E-state index contributed by atoms with van der Waals surface area (Å²) >= 11 is 0. The van der Waals surface area contributed by atoms with Crippen molar-refractivity contribution < 1.29 is 0 Å². The van der Waals surface area contributed by atoms with Crippen molar-refractivity contribution in [2.75, 3.05) is 6.54 Å². The topological polar surface area (TPSA) is 66.0 Å². The van der Waals surface area contributed by atoms with Crippen molar-refractivity contribution in [3.63, 3.8) is 0 Å². The van der Waals surface area contributed by atoms with Gasteiger partial charge in [-0.1, -0.05) is 19.9 Å². The zero-order valence-corrected chi connectivity index (χ0v) is 11.9. The highest BCUT2D eigenvalue weighted by atomic mass is 15.2. The van der Waals surface area contributed by atoms with E-state index < -0.39 is 0 Å². The molecule has 0 atom stereocenters. The van der Waals surface area contributed by atoms with Crippen LogP contribution in [0, 0.1) is 11.3 Å². The van der Waals surface area contributed by atoms with E-state index in [1.807, 2.05) is 12.1 Å². The minimum Gasteiger partial charge on any atom is -0.382 e. The molecule has 0 spiro atoms. The Morgan fingerprint density at radius 1 is 1.53 bits per heavy atom. The highest BCUT2D eigenvalue weighted by Crippen LogP contribution is 2.29. The largest absolute Gasteiger partial charge is 0.382 e. The van der Waals surface area contributed by atoms with Crippen LogP contribution in [0.3, 0.4) is 0 Å². The molecule has 0 amide bonds. The summed E-state index contributed by atoms with van der Waals surface area (Å²) in [7, 11) is 0. The minimum absolute atomic E-state index is 0.0650. The average Bonchev–Trinajstić information content (AvgIpc) is 3.18. The molecule has 0 aromatic carbocycles. The van der Waals surface area contributed by atoms with Gasteiger partial charge < -0.3 is 5.73 Å². The molecule has 0 aliphatic heterocycles. The number of aromatic nitrogens is 1. The first-order valence-electron chi connectivity index (χ1n) is 7.10. The Morgan fingerprint density at radius 3 is 2.84 bits per heavy atom. The van der Waals surface area contributed by atoms with Crippen LogP contribution in [0.2, 0.25) is 0 Å². The van der Waals surface area contributed by atoms with Crippen LogP contribution in [0.4, 0.5) is 0 Å². The molecule has 4 nitrogen and oxygen atoms in total. The lowest BCUT2D eigenvalue weighted by molar-refractivity contribution is 0.239. The first-order valence-corrected chi connectivity index (χ1v) is 7.10. The molecule has 0 radical (unpaired) electrons. The summed E-state index contributed by atoms with van der Waals surface area (Å²) in [6.45, 7) is 6.50. The lowest BCUT2D eigenvalue weighted by atomic mass is 10.1. The maximum atomic E-state index is 7.61. The van der Waals surface area contributed by atoms with Gasteiger partial charge in [0.15, 0.2) is 0 Å². The summed E-state index contributed by atoms with van der Waals surface area (Å²) in [5, 5.41) is 7.61. The van der Waals surface area contributed by atoms with Crippen LogP contribution in [-0.2, 0) is 6.54 Å². The van der Waals surface area contributed by atoms with Gasteiger partial charge in [0, 0.05) is 18.8 Å². The molecule has 0 saturated heterocycles. The third-order valence-corrected chi connectivity index (χ3v) is 3.58. The van der Waals surface area contributed by atoms with Crippen LogP contribution >= 0.6 is 0 Å². The Hall–Kier alpha value is -1.42. The standard InChI is InChI=1S/C15H24N4/c1-11(2)7-9-19(13-5-6-13)10-12-4-3-8-18-14(12)15(16)17/h3-4,8,11,13H,5-7,9-10H2,1-2H3,(H3,16,17). The molecule has 1 saturated carbocycles. The van der Waals surface area contributed by atoms with Gasteiger partial charge >= 0.3 is 0 Å². The predicted octanol–water partition coefficient (Wildman–Crippen LogP) is 2.38. The Kier molecular flexibility index (Phi) is 4.53. The van der Waals surface area contributed by atoms with Crippen molar-refractivity contribution in [3.8, 4) is 0 Å². The SMILES string of the molecule is CC(C)CCN(Cc1cccnc1C(=N)N)C1CC1. The van der Waals surface area contributed by atoms with Crippen molar-refractivity contribution in [3.05, 3.63) is 29.6 Å². The summed E-state index contributed by atoms with van der Waals surface area (Å²) < 4.78 is 0. The van der Waals surface area contributed by atoms with Gasteiger partial charge in [0.05, 0.1) is 0 Å². The summed E-state index contributed by atoms with van der Waals surface area (Å²) in [5.41, 5.74) is 7.32. The second-order valence-electron chi connectivity index (χ2n) is 5.81. The fraction of sp³-hybridized carbons (Fsp3) is 0.600. The zero-order valence-electron chi connectivity index (χ0n) is 11.9. The number of hydrogen-bond acceptors (Lipinski definition) is 3. The van der Waals surface area contributed by atoms with E-state index >= 15 is 0 Å². The van der Waals surface area contributed by atoms with E-state index in [4.69, 9.17) is 11.1 Å². The van der Waals surface area contributed by atoms with Gasteiger partial charge in [0.1, 0.15) is 11.5 Å². The first kappa shape index (κ1) is 14.0. The molecule has 1 aromatic heterocycles. The van der Waals surface area contributed by atoms with Crippen LogP contribution in [0.15, 0.2) is 18.3 Å². The number of rotatable bonds is 7. The summed E-state index contributed by atoms with van der Waals surface area (Å²) in [5.74, 6) is 0.789. The van der Waals surface area contributed by atoms with Gasteiger partial charge in [-0.15, -0.1) is 0 Å². The fourth-order valence-corrected chi connectivity index (χ4v) is 2.28. The predicted molar refractivity (Wildman–Crippen MR) is 78.1 cm³/mol. The van der Waals surface area contributed by atoms with Crippen LogP contribution in [-0.4, -0.2) is 28.3 Å². The second kappa shape index (κ2) is 6.15. The number of pyridine rings is 1. The van der Waals surface area contributed by atoms with Crippen LogP contribution < -0.4 is 5.73 Å². The second-order valence-corrected chi connectivity index (χ2v) is 5.81. The smallest absolute Gasteiger partial charge is 0.142 e. The Labute approximate surface area is 115 Å². The number of nitrogens with one attached hydrogen (secondary N) is 1. The number of nitrogens with zero attached hydrogens (tertiary/aromatic N) is 2. The van der Waals surface area contributed by atoms with Crippen molar-refractivity contribution in [1.29, 1.82) is 5.41 Å². The van der Waals surface area contributed by atoms with Gasteiger partial charge in [-0.3, -0.25) is 15.3 Å². The molecule has 4 heteroatoms. The van der Waals surface area contributed by atoms with Gasteiger partial charge in [-0.25, -0.2) is 0 Å². The highest BCUT2D eigenvalue weighted by Gasteiger charge is 2.29. The summed E-state index contributed by atoms with van der Waals surface area (Å²) in [4.78, 5) is 6.75. The monoisotopic (exact) mass is 260 g/mol. The van der Waals surface area contributed by atoms with E-state index in [0.717, 1.165) is 30.6 Å². The molecule has 0 unspecified atom stereocenters. The van der Waals surface area contributed by atoms with Crippen LogP contribution in [0.25, 0.3) is 0 Å². The molecule has 1 aromatic rings. The molecule has 3 N–H and O–H groups in total. The fourth-order valence-electron chi connectivity index (χ4n) is 2.28. The van der Waals surface area contributed by atoms with Gasteiger partial charge in [-0.2, -0.15) is 0 Å². The Bertz CT molecular complexity index is 438. The maximum absolute atomic E-state index is 7.61. The van der Waals surface area contributed by atoms with Crippen molar-refractivity contribution in [2.24, 2.45) is 11.7 Å². The Morgan fingerprint density at radius 2 is 2.26 bits per heavy atom. The third-order valence-electron chi connectivity index (χ3n) is 3.58. The minimum atomic E-state index is 0.0650. The van der Waals surface area contributed by atoms with E-state index in [9.17, 15) is 0 Å². The molecule has 2 rings (SSSR count). The Balaban J connectivity index is 2.06. The number of hydrogen-bond donors (Lipinski definition) is 2. The van der Waals surface area contributed by atoms with E-state index in [0.29, 0.717) is 5.69 Å². The van der Waals surface area contributed by atoms with E-state index in [2.05, 4.69) is 23.7 Å². The van der Waals surface area contributed by atoms with Gasteiger partial charge in [-0.05, 0) is 43.4 Å². The normalized spacial score (nSPS) is 15.2. The van der Waals surface area contributed by atoms with Crippen molar-refractivity contribution in [2.45, 2.75) is 45.7 Å². The molecular weight excluding hydrogens is 236 g/mol. The number of amidine groups is 1. The molecule has 1 aliphatic rings. The van der Waals surface area contributed by atoms with Crippen molar-refractivity contribution >= 4 is 5.84 Å². The first-order chi connectivity index (χ1) is 9.08. The quantitative estimate of drug-likeness (QED) is 0.584. The van der Waals surface area contributed by atoms with Crippen molar-refractivity contribution in [1.82, 2.24) is 9.88 Å². The molecule has 1 heterocycles. The van der Waals surface area contributed by atoms with Crippen LogP contribution in [0.1, 0.15) is 44.4 Å². The maximum Gasteiger partial charge on any atom is 0.142 e. The molecule has 1 fully saturated rings. The van der Waals surface area contributed by atoms with E-state index in [-0.39, 0.29) is 5.84 Å². The molecule has 19 heavy (non-hydrogen) atoms. The summed E-state index contributed by atoms with van der Waals surface area (Å²) in [6.07, 6.45) is 5.52. The number of nitrogen functional groups attached to an aromatic ring is 1. The average molecular weight is 260 g/mol. The molecular formula is C15H24N4. The lowest BCUT2D eigenvalue weighted by Crippen LogP contribution is -2.29. The summed E-state index contributed by atoms with van der Waals surface area (Å²) in [6, 6.07) is 4.68. The lowest BCUT2D eigenvalue weighted by Gasteiger charge is -2.23. The van der Waals surface area contributed by atoms with Crippen LogP contribution in [0.5, 0.6) is 0 Å². The van der Waals surface area contributed by atoms with Gasteiger partial charge in [0.2, 0.25) is 0 Å². The van der Waals surface area contributed by atoms with E-state index in [1.54, 1.807) is 6.20 Å². The molecule has 104 valence electrons. The zero-order chi connectivity index (χ0) is 13.8. The molecule has 1 aliphatic carbocycles. The number of nitrogens with two attached hydrogens (primary N) is 1. The highest BCUT2D eigenvalue weighted by molar-refractivity contribution is 5.94. The van der Waals surface area contributed by atoms with E-state index in [1.165, 1.54) is 19.3 Å². The molecule has 0 bridgehead atoms.